The van der Waals surface area contributed by atoms with Crippen molar-refractivity contribution >= 4 is 11.8 Å². The summed E-state index contributed by atoms with van der Waals surface area (Å²) in [7, 11) is 0. The number of amides is 1. The number of carbonyl (C=O) groups is 1. The van der Waals surface area contributed by atoms with Crippen LogP contribution in [0.25, 0.3) is 0 Å². The van der Waals surface area contributed by atoms with Crippen LogP contribution in [0.1, 0.15) is 32.4 Å². The van der Waals surface area contributed by atoms with Crippen molar-refractivity contribution in [3.05, 3.63) is 29.8 Å². The summed E-state index contributed by atoms with van der Waals surface area (Å²) >= 11 is 0. The maximum absolute atomic E-state index is 12.5. The SMILES string of the molecule is CC(C)(C)OC(=O)Nc1ccccc1C(O)CF. The lowest BCUT2D eigenvalue weighted by molar-refractivity contribution is 0.0635. The van der Waals surface area contributed by atoms with Crippen LogP contribution in [0.2, 0.25) is 0 Å². The van der Waals surface area contributed by atoms with Crippen molar-refractivity contribution in [2.24, 2.45) is 0 Å². The van der Waals surface area contributed by atoms with Crippen LogP contribution in [0.4, 0.5) is 14.9 Å². The minimum Gasteiger partial charge on any atom is -0.444 e. The first-order valence-corrected chi connectivity index (χ1v) is 5.66. The number of para-hydroxylation sites is 1. The van der Waals surface area contributed by atoms with Gasteiger partial charge in [-0.15, -0.1) is 0 Å². The first-order valence-electron chi connectivity index (χ1n) is 5.66. The van der Waals surface area contributed by atoms with Gasteiger partial charge in [-0.1, -0.05) is 18.2 Å². The Morgan fingerprint density at radius 2 is 2.06 bits per heavy atom. The van der Waals surface area contributed by atoms with E-state index in [1.54, 1.807) is 45.0 Å². The average Bonchev–Trinajstić information content (AvgIpc) is 2.26. The summed E-state index contributed by atoms with van der Waals surface area (Å²) in [6.07, 6.45) is -1.89. The van der Waals surface area contributed by atoms with Crippen molar-refractivity contribution in [2.45, 2.75) is 32.5 Å². The van der Waals surface area contributed by atoms with E-state index in [1.807, 2.05) is 0 Å². The molecule has 0 radical (unpaired) electrons. The smallest absolute Gasteiger partial charge is 0.412 e. The minimum atomic E-state index is -1.25. The van der Waals surface area contributed by atoms with E-state index in [1.165, 1.54) is 0 Å². The van der Waals surface area contributed by atoms with Crippen molar-refractivity contribution in [3.8, 4) is 0 Å². The lowest BCUT2D eigenvalue weighted by atomic mass is 10.1. The predicted octanol–water partition coefficient (Wildman–Crippen LogP) is 3.04. The summed E-state index contributed by atoms with van der Waals surface area (Å²) in [4.78, 5) is 11.6. The van der Waals surface area contributed by atoms with Crippen molar-refractivity contribution in [2.75, 3.05) is 12.0 Å². The second kappa shape index (κ2) is 5.82. The molecule has 0 fully saturated rings. The van der Waals surface area contributed by atoms with Gasteiger partial charge in [0.1, 0.15) is 18.4 Å². The molecule has 1 aromatic carbocycles. The lowest BCUT2D eigenvalue weighted by Gasteiger charge is -2.21. The lowest BCUT2D eigenvalue weighted by Crippen LogP contribution is -2.27. The van der Waals surface area contributed by atoms with E-state index in [2.05, 4.69) is 5.32 Å². The van der Waals surface area contributed by atoms with E-state index in [-0.39, 0.29) is 0 Å². The quantitative estimate of drug-likeness (QED) is 0.872. The Morgan fingerprint density at radius 3 is 2.61 bits per heavy atom. The molecule has 0 aromatic heterocycles. The third kappa shape index (κ3) is 4.33. The highest BCUT2D eigenvalue weighted by Crippen LogP contribution is 2.23. The summed E-state index contributed by atoms with van der Waals surface area (Å²) in [6, 6.07) is 6.48. The van der Waals surface area contributed by atoms with Crippen LogP contribution in [0, 0.1) is 0 Å². The van der Waals surface area contributed by atoms with Crippen LogP contribution >= 0.6 is 0 Å². The molecule has 1 unspecified atom stereocenters. The second-order valence-electron chi connectivity index (χ2n) is 4.88. The number of aliphatic hydroxyl groups is 1. The Kier molecular flexibility index (Phi) is 4.67. The number of ether oxygens (including phenoxy) is 1. The predicted molar refractivity (Wildman–Crippen MR) is 67.2 cm³/mol. The van der Waals surface area contributed by atoms with E-state index in [4.69, 9.17) is 4.74 Å². The molecule has 0 heterocycles. The normalized spacial score (nSPS) is 12.9. The van der Waals surface area contributed by atoms with Crippen molar-refractivity contribution in [1.29, 1.82) is 0 Å². The van der Waals surface area contributed by atoms with E-state index in [0.29, 0.717) is 11.3 Å². The summed E-state index contributed by atoms with van der Waals surface area (Å²) < 4.78 is 17.6. The molecule has 0 aliphatic heterocycles. The highest BCUT2D eigenvalue weighted by molar-refractivity contribution is 5.86. The van der Waals surface area contributed by atoms with Crippen LogP contribution in [-0.2, 0) is 4.74 Å². The van der Waals surface area contributed by atoms with Gasteiger partial charge in [-0.05, 0) is 26.8 Å². The van der Waals surface area contributed by atoms with Crippen LogP contribution in [0.15, 0.2) is 24.3 Å². The van der Waals surface area contributed by atoms with Gasteiger partial charge in [-0.2, -0.15) is 0 Å². The zero-order valence-electron chi connectivity index (χ0n) is 10.7. The molecule has 1 aromatic rings. The Bertz CT molecular complexity index is 415. The molecular weight excluding hydrogens is 237 g/mol. The summed E-state index contributed by atoms with van der Waals surface area (Å²) in [5.41, 5.74) is 0.0559. The van der Waals surface area contributed by atoms with Gasteiger partial charge in [0.2, 0.25) is 0 Å². The zero-order chi connectivity index (χ0) is 13.8. The van der Waals surface area contributed by atoms with Gasteiger partial charge < -0.3 is 9.84 Å². The van der Waals surface area contributed by atoms with E-state index < -0.39 is 24.5 Å². The van der Waals surface area contributed by atoms with Gasteiger partial charge in [-0.25, -0.2) is 9.18 Å². The molecule has 0 saturated carbocycles. The number of hydrogen-bond acceptors (Lipinski definition) is 3. The third-order valence-electron chi connectivity index (χ3n) is 2.10. The number of carbonyl (C=O) groups excluding carboxylic acids is 1. The maximum atomic E-state index is 12.5. The van der Waals surface area contributed by atoms with Gasteiger partial charge in [0, 0.05) is 11.3 Å². The van der Waals surface area contributed by atoms with Crippen molar-refractivity contribution in [3.63, 3.8) is 0 Å². The largest absolute Gasteiger partial charge is 0.444 e. The molecule has 1 rings (SSSR count). The molecule has 0 spiro atoms. The molecule has 1 atom stereocenters. The Labute approximate surface area is 106 Å². The maximum Gasteiger partial charge on any atom is 0.412 e. The van der Waals surface area contributed by atoms with E-state index in [0.717, 1.165) is 0 Å². The monoisotopic (exact) mass is 255 g/mol. The van der Waals surface area contributed by atoms with Gasteiger partial charge in [0.15, 0.2) is 0 Å². The van der Waals surface area contributed by atoms with E-state index >= 15 is 0 Å². The fourth-order valence-corrected chi connectivity index (χ4v) is 1.40. The highest BCUT2D eigenvalue weighted by Gasteiger charge is 2.18. The fraction of sp³-hybridized carbons (Fsp3) is 0.462. The first kappa shape index (κ1) is 14.4. The molecular formula is C13H18FNO3. The average molecular weight is 255 g/mol. The van der Waals surface area contributed by atoms with Crippen molar-refractivity contribution in [1.82, 2.24) is 0 Å². The van der Waals surface area contributed by atoms with Gasteiger partial charge in [0.25, 0.3) is 0 Å². The Balaban J connectivity index is 2.81. The number of benzene rings is 1. The summed E-state index contributed by atoms with van der Waals surface area (Å²) in [6.45, 7) is 4.33. The number of anilines is 1. The number of hydrogen-bond donors (Lipinski definition) is 2. The third-order valence-corrected chi connectivity index (χ3v) is 2.10. The zero-order valence-corrected chi connectivity index (χ0v) is 10.7. The highest BCUT2D eigenvalue weighted by atomic mass is 19.1. The molecule has 18 heavy (non-hydrogen) atoms. The molecule has 100 valence electrons. The Morgan fingerprint density at radius 1 is 1.44 bits per heavy atom. The van der Waals surface area contributed by atoms with Crippen LogP contribution < -0.4 is 5.32 Å². The molecule has 0 aliphatic rings. The Hall–Kier alpha value is -1.62. The fourth-order valence-electron chi connectivity index (χ4n) is 1.40. The number of halogens is 1. The number of aliphatic hydroxyl groups excluding tert-OH is 1. The second-order valence-corrected chi connectivity index (χ2v) is 4.88. The number of nitrogens with one attached hydrogen (secondary N) is 1. The summed E-state index contributed by atoms with van der Waals surface area (Å²) in [5, 5.41) is 12.0. The number of alkyl halides is 1. The van der Waals surface area contributed by atoms with Gasteiger partial charge in [-0.3, -0.25) is 5.32 Å². The molecule has 4 nitrogen and oxygen atoms in total. The van der Waals surface area contributed by atoms with E-state index in [9.17, 15) is 14.3 Å². The number of rotatable bonds is 3. The van der Waals surface area contributed by atoms with Crippen LogP contribution in [0.5, 0.6) is 0 Å². The molecule has 5 heteroatoms. The molecule has 1 amide bonds. The summed E-state index contributed by atoms with van der Waals surface area (Å²) in [5.74, 6) is 0. The molecule has 0 bridgehead atoms. The molecule has 0 saturated heterocycles. The van der Waals surface area contributed by atoms with Crippen LogP contribution in [0.3, 0.4) is 0 Å². The van der Waals surface area contributed by atoms with Gasteiger partial charge in [0.05, 0.1) is 0 Å². The van der Waals surface area contributed by atoms with Crippen molar-refractivity contribution < 1.29 is 19.0 Å². The standard InChI is InChI=1S/C13H18FNO3/c1-13(2,3)18-12(17)15-10-7-5-4-6-9(10)11(16)8-14/h4-7,11,16H,8H2,1-3H3,(H,15,17). The first-order chi connectivity index (χ1) is 8.33. The molecule has 0 aliphatic carbocycles. The van der Waals surface area contributed by atoms with Crippen LogP contribution in [-0.4, -0.2) is 23.5 Å². The van der Waals surface area contributed by atoms with Gasteiger partial charge >= 0.3 is 6.09 Å². The minimum absolute atomic E-state index is 0.325. The topological polar surface area (TPSA) is 58.6 Å². The molecule has 2 N–H and O–H groups in total.